The number of hydrogen-bond donors (Lipinski definition) is 2. The molecular weight excluding hydrogens is 242 g/mol. The van der Waals surface area contributed by atoms with E-state index in [0.717, 1.165) is 26.1 Å². The number of carbonyl (C=O) groups excluding carboxylic acids is 1. The van der Waals surface area contributed by atoms with Crippen molar-refractivity contribution >= 4 is 11.9 Å². The molecule has 1 amide bonds. The van der Waals surface area contributed by atoms with Gasteiger partial charge in [0, 0.05) is 18.9 Å². The minimum atomic E-state index is -0.0451. The minimum Gasteiger partial charge on any atom is -0.319 e. The van der Waals surface area contributed by atoms with Crippen LogP contribution in [-0.4, -0.2) is 54.0 Å². The Kier molecular flexibility index (Phi) is 5.23. The second-order valence-corrected chi connectivity index (χ2v) is 4.92. The Balaban J connectivity index is 1.78. The quantitative estimate of drug-likeness (QED) is 0.802. The Morgan fingerprint density at radius 3 is 3.00 bits per heavy atom. The summed E-state index contributed by atoms with van der Waals surface area (Å²) in [5, 5.41) is 5.92. The molecule has 1 aliphatic heterocycles. The average Bonchev–Trinajstić information content (AvgIpc) is 2.40. The smallest absolute Gasteiger partial charge is 0.240 e. The molecule has 2 rings (SSSR count). The second-order valence-electron chi connectivity index (χ2n) is 4.92. The summed E-state index contributed by atoms with van der Waals surface area (Å²) in [6, 6.07) is 1.72. The summed E-state index contributed by atoms with van der Waals surface area (Å²) in [6.07, 6.45) is 5.63. The van der Waals surface area contributed by atoms with Gasteiger partial charge in [-0.25, -0.2) is 9.97 Å². The van der Waals surface area contributed by atoms with Crippen molar-refractivity contribution in [3.8, 4) is 0 Å². The Morgan fingerprint density at radius 1 is 1.47 bits per heavy atom. The molecule has 6 nitrogen and oxygen atoms in total. The van der Waals surface area contributed by atoms with Crippen LogP contribution in [0.25, 0.3) is 0 Å². The normalized spacial score (nSPS) is 20.2. The second kappa shape index (κ2) is 7.16. The number of rotatable bonds is 5. The molecule has 2 N–H and O–H groups in total. The number of hydrogen-bond acceptors (Lipinski definition) is 5. The van der Waals surface area contributed by atoms with E-state index in [2.05, 4.69) is 25.5 Å². The van der Waals surface area contributed by atoms with E-state index in [4.69, 9.17) is 0 Å². The number of carbonyl (C=O) groups is 1. The fourth-order valence-electron chi connectivity index (χ4n) is 2.48. The van der Waals surface area contributed by atoms with Gasteiger partial charge in [-0.05, 0) is 45.0 Å². The van der Waals surface area contributed by atoms with E-state index < -0.39 is 0 Å². The van der Waals surface area contributed by atoms with E-state index in [1.54, 1.807) is 18.5 Å². The van der Waals surface area contributed by atoms with Crippen LogP contribution >= 0.6 is 0 Å². The Bertz CT molecular complexity index is 395. The van der Waals surface area contributed by atoms with Gasteiger partial charge in [0.1, 0.15) is 0 Å². The first-order valence-electron chi connectivity index (χ1n) is 6.71. The van der Waals surface area contributed by atoms with Crippen molar-refractivity contribution in [1.29, 1.82) is 0 Å². The van der Waals surface area contributed by atoms with E-state index in [1.807, 2.05) is 7.05 Å². The van der Waals surface area contributed by atoms with Crippen LogP contribution in [0.1, 0.15) is 12.8 Å². The minimum absolute atomic E-state index is 0.0451. The van der Waals surface area contributed by atoms with Gasteiger partial charge < -0.3 is 5.32 Å². The molecule has 1 aliphatic rings. The average molecular weight is 263 g/mol. The van der Waals surface area contributed by atoms with Crippen molar-refractivity contribution in [3.05, 3.63) is 18.5 Å². The zero-order valence-corrected chi connectivity index (χ0v) is 11.3. The predicted octanol–water partition coefficient (Wildman–Crippen LogP) is 0.347. The van der Waals surface area contributed by atoms with E-state index in [1.165, 1.54) is 6.42 Å². The van der Waals surface area contributed by atoms with Gasteiger partial charge in [-0.1, -0.05) is 0 Å². The number of aromatic nitrogens is 2. The molecule has 0 spiro atoms. The third-order valence-corrected chi connectivity index (χ3v) is 3.28. The maximum absolute atomic E-state index is 11.9. The molecule has 0 saturated carbocycles. The highest BCUT2D eigenvalue weighted by Gasteiger charge is 2.21. The van der Waals surface area contributed by atoms with Crippen LogP contribution in [0, 0.1) is 5.92 Å². The summed E-state index contributed by atoms with van der Waals surface area (Å²) in [5.41, 5.74) is 0. The van der Waals surface area contributed by atoms with Gasteiger partial charge in [-0.15, -0.1) is 0 Å². The number of nitrogens with one attached hydrogen (secondary N) is 2. The molecule has 0 aliphatic carbocycles. The highest BCUT2D eigenvalue weighted by Crippen LogP contribution is 2.15. The molecule has 0 radical (unpaired) electrons. The van der Waals surface area contributed by atoms with Gasteiger partial charge in [0.05, 0.1) is 6.54 Å². The number of amides is 1. The van der Waals surface area contributed by atoms with Crippen LogP contribution in [0.4, 0.5) is 5.95 Å². The number of likely N-dealkylation sites (tertiary alicyclic amines) is 1. The first-order valence-corrected chi connectivity index (χ1v) is 6.71. The zero-order chi connectivity index (χ0) is 13.5. The van der Waals surface area contributed by atoms with Crippen LogP contribution in [0.5, 0.6) is 0 Å². The van der Waals surface area contributed by atoms with E-state index in [9.17, 15) is 4.79 Å². The molecule has 0 bridgehead atoms. The molecule has 104 valence electrons. The highest BCUT2D eigenvalue weighted by molar-refractivity contribution is 5.90. The first kappa shape index (κ1) is 13.9. The first-order chi connectivity index (χ1) is 9.28. The summed E-state index contributed by atoms with van der Waals surface area (Å²) < 4.78 is 0. The third-order valence-electron chi connectivity index (χ3n) is 3.28. The van der Waals surface area contributed by atoms with Crippen LogP contribution in [0.3, 0.4) is 0 Å². The van der Waals surface area contributed by atoms with Gasteiger partial charge in [0.15, 0.2) is 0 Å². The van der Waals surface area contributed by atoms with Gasteiger partial charge in [-0.3, -0.25) is 15.0 Å². The fourth-order valence-corrected chi connectivity index (χ4v) is 2.48. The summed E-state index contributed by atoms with van der Waals surface area (Å²) in [6.45, 7) is 3.39. The molecule has 1 unspecified atom stereocenters. The standard InChI is InChI=1S/C13H21N5O/c1-14-8-11-4-2-7-18(9-11)10-12(19)17-13-15-5-3-6-16-13/h3,5-6,11,14H,2,4,7-10H2,1H3,(H,15,16,17,19). The van der Waals surface area contributed by atoms with Crippen molar-refractivity contribution in [1.82, 2.24) is 20.2 Å². The van der Waals surface area contributed by atoms with Crippen LogP contribution in [0.15, 0.2) is 18.5 Å². The van der Waals surface area contributed by atoms with Gasteiger partial charge in [0.25, 0.3) is 0 Å². The Labute approximate surface area is 113 Å². The maximum atomic E-state index is 11.9. The van der Waals surface area contributed by atoms with Crippen molar-refractivity contribution < 1.29 is 4.79 Å². The topological polar surface area (TPSA) is 70.2 Å². The summed E-state index contributed by atoms with van der Waals surface area (Å²) >= 11 is 0. The van der Waals surface area contributed by atoms with Crippen molar-refractivity contribution in [2.45, 2.75) is 12.8 Å². The number of nitrogens with zero attached hydrogens (tertiary/aromatic N) is 3. The Hall–Kier alpha value is -1.53. The molecule has 2 heterocycles. The van der Waals surface area contributed by atoms with Crippen molar-refractivity contribution in [2.24, 2.45) is 5.92 Å². The number of piperidine rings is 1. The van der Waals surface area contributed by atoms with Crippen LogP contribution in [0.2, 0.25) is 0 Å². The lowest BCUT2D eigenvalue weighted by atomic mass is 9.98. The molecule has 1 atom stereocenters. The summed E-state index contributed by atoms with van der Waals surface area (Å²) in [5.74, 6) is 0.965. The predicted molar refractivity (Wildman–Crippen MR) is 73.8 cm³/mol. The van der Waals surface area contributed by atoms with Crippen molar-refractivity contribution in [2.75, 3.05) is 38.5 Å². The van der Waals surface area contributed by atoms with Gasteiger partial charge in [-0.2, -0.15) is 0 Å². The molecular formula is C13H21N5O. The lowest BCUT2D eigenvalue weighted by molar-refractivity contribution is -0.117. The van der Waals surface area contributed by atoms with Gasteiger partial charge in [0.2, 0.25) is 11.9 Å². The lowest BCUT2D eigenvalue weighted by Gasteiger charge is -2.31. The molecule has 1 fully saturated rings. The van der Waals surface area contributed by atoms with Gasteiger partial charge >= 0.3 is 0 Å². The molecule has 6 heteroatoms. The highest BCUT2D eigenvalue weighted by atomic mass is 16.2. The van der Waals surface area contributed by atoms with Crippen molar-refractivity contribution in [3.63, 3.8) is 0 Å². The largest absolute Gasteiger partial charge is 0.319 e. The maximum Gasteiger partial charge on any atom is 0.240 e. The molecule has 0 aromatic carbocycles. The number of anilines is 1. The molecule has 1 aromatic rings. The fraction of sp³-hybridized carbons (Fsp3) is 0.615. The van der Waals surface area contributed by atoms with Crippen LogP contribution < -0.4 is 10.6 Å². The molecule has 1 saturated heterocycles. The van der Waals surface area contributed by atoms with E-state index in [-0.39, 0.29) is 5.91 Å². The monoisotopic (exact) mass is 263 g/mol. The molecule has 1 aromatic heterocycles. The summed E-state index contributed by atoms with van der Waals surface area (Å²) in [4.78, 5) is 22.1. The lowest BCUT2D eigenvalue weighted by Crippen LogP contribution is -2.42. The Morgan fingerprint density at radius 2 is 2.26 bits per heavy atom. The van der Waals surface area contributed by atoms with E-state index in [0.29, 0.717) is 18.4 Å². The zero-order valence-electron chi connectivity index (χ0n) is 11.3. The third kappa shape index (κ3) is 4.57. The SMILES string of the molecule is CNCC1CCCN(CC(=O)Nc2ncccn2)C1. The summed E-state index contributed by atoms with van der Waals surface area (Å²) in [7, 11) is 1.97. The molecule has 19 heavy (non-hydrogen) atoms. The van der Waals surface area contributed by atoms with Crippen LogP contribution in [-0.2, 0) is 4.79 Å². The van der Waals surface area contributed by atoms with E-state index >= 15 is 0 Å².